The standard InChI is InChI=1S/C11H17N3OS/c1-11(2)5-7(11)9-13-10(15-14-9)8-6-16-4-3-12-8/h7-8,12H,3-6H2,1-2H3. The minimum atomic E-state index is 0.252. The summed E-state index contributed by atoms with van der Waals surface area (Å²) < 4.78 is 5.36. The average Bonchev–Trinajstić information content (AvgIpc) is 2.76. The topological polar surface area (TPSA) is 51.0 Å². The fourth-order valence-corrected chi connectivity index (χ4v) is 3.09. The van der Waals surface area contributed by atoms with Gasteiger partial charge in [0.25, 0.3) is 0 Å². The van der Waals surface area contributed by atoms with Gasteiger partial charge in [0.15, 0.2) is 5.82 Å². The lowest BCUT2D eigenvalue weighted by molar-refractivity contribution is 0.338. The van der Waals surface area contributed by atoms with Gasteiger partial charge in [-0.25, -0.2) is 0 Å². The molecule has 88 valence electrons. The van der Waals surface area contributed by atoms with E-state index in [1.807, 2.05) is 11.8 Å². The van der Waals surface area contributed by atoms with Gasteiger partial charge in [-0.05, 0) is 11.8 Å². The molecule has 0 radical (unpaired) electrons. The summed E-state index contributed by atoms with van der Waals surface area (Å²) in [6.07, 6.45) is 1.18. The SMILES string of the molecule is CC1(C)CC1c1noc(C2CSCCN2)n1. The van der Waals surface area contributed by atoms with Crippen LogP contribution in [0, 0.1) is 5.41 Å². The zero-order valence-electron chi connectivity index (χ0n) is 9.69. The van der Waals surface area contributed by atoms with Crippen molar-refractivity contribution in [1.82, 2.24) is 15.5 Å². The first-order valence-corrected chi connectivity index (χ1v) is 6.97. The number of nitrogens with zero attached hydrogens (tertiary/aromatic N) is 2. The van der Waals surface area contributed by atoms with Crippen LogP contribution < -0.4 is 5.32 Å². The van der Waals surface area contributed by atoms with Gasteiger partial charge >= 0.3 is 0 Å². The predicted molar refractivity (Wildman–Crippen MR) is 63.5 cm³/mol. The Kier molecular flexibility index (Phi) is 2.47. The molecule has 0 spiro atoms. The highest BCUT2D eigenvalue weighted by atomic mass is 32.2. The summed E-state index contributed by atoms with van der Waals surface area (Å²) in [5.74, 6) is 4.38. The molecule has 2 heterocycles. The van der Waals surface area contributed by atoms with E-state index in [9.17, 15) is 0 Å². The molecular weight excluding hydrogens is 222 g/mol. The van der Waals surface area contributed by atoms with Gasteiger partial charge in [0, 0.05) is 24.0 Å². The summed E-state index contributed by atoms with van der Waals surface area (Å²) in [5, 5.41) is 7.53. The van der Waals surface area contributed by atoms with E-state index in [0.29, 0.717) is 11.3 Å². The maximum Gasteiger partial charge on any atom is 0.244 e. The highest BCUT2D eigenvalue weighted by Crippen LogP contribution is 2.57. The Labute approximate surface area is 99.6 Å². The Morgan fingerprint density at radius 1 is 1.50 bits per heavy atom. The van der Waals surface area contributed by atoms with Gasteiger partial charge in [-0.1, -0.05) is 19.0 Å². The van der Waals surface area contributed by atoms with Crippen molar-refractivity contribution in [3.8, 4) is 0 Å². The van der Waals surface area contributed by atoms with E-state index in [4.69, 9.17) is 4.52 Å². The molecule has 2 aliphatic rings. The summed E-state index contributed by atoms with van der Waals surface area (Å²) >= 11 is 1.94. The average molecular weight is 239 g/mol. The van der Waals surface area contributed by atoms with Crippen LogP contribution in [0.25, 0.3) is 0 Å². The van der Waals surface area contributed by atoms with E-state index in [0.717, 1.165) is 24.0 Å². The molecule has 1 N–H and O–H groups in total. The maximum atomic E-state index is 5.36. The molecule has 4 nitrogen and oxygen atoms in total. The van der Waals surface area contributed by atoms with Crippen molar-refractivity contribution in [2.45, 2.75) is 32.2 Å². The molecule has 0 bridgehead atoms. The highest BCUT2D eigenvalue weighted by molar-refractivity contribution is 7.99. The van der Waals surface area contributed by atoms with Crippen LogP contribution in [-0.2, 0) is 0 Å². The van der Waals surface area contributed by atoms with Gasteiger partial charge in [0.2, 0.25) is 5.89 Å². The first kappa shape index (κ1) is 10.6. The van der Waals surface area contributed by atoms with Crippen LogP contribution in [0.1, 0.15) is 43.9 Å². The lowest BCUT2D eigenvalue weighted by Gasteiger charge is -2.19. The smallest absolute Gasteiger partial charge is 0.244 e. The fourth-order valence-electron chi connectivity index (χ4n) is 2.16. The van der Waals surface area contributed by atoms with E-state index in [-0.39, 0.29) is 6.04 Å². The third-order valence-electron chi connectivity index (χ3n) is 3.50. The van der Waals surface area contributed by atoms with Crippen LogP contribution >= 0.6 is 11.8 Å². The van der Waals surface area contributed by atoms with Crippen LogP contribution in [0.2, 0.25) is 0 Å². The third kappa shape index (κ3) is 1.86. The summed E-state index contributed by atoms with van der Waals surface area (Å²) in [6, 6.07) is 0.252. The molecule has 16 heavy (non-hydrogen) atoms. The summed E-state index contributed by atoms with van der Waals surface area (Å²) in [6.45, 7) is 5.53. The second-order valence-corrected chi connectivity index (χ2v) is 6.47. The van der Waals surface area contributed by atoms with Gasteiger partial charge in [-0.2, -0.15) is 16.7 Å². The Bertz CT molecular complexity index is 384. The largest absolute Gasteiger partial charge is 0.338 e. The van der Waals surface area contributed by atoms with Crippen LogP contribution in [-0.4, -0.2) is 28.2 Å². The number of hydrogen-bond acceptors (Lipinski definition) is 5. The van der Waals surface area contributed by atoms with E-state index in [1.54, 1.807) is 0 Å². The van der Waals surface area contributed by atoms with Crippen LogP contribution in [0.15, 0.2) is 4.52 Å². The lowest BCUT2D eigenvalue weighted by Crippen LogP contribution is -2.30. The summed E-state index contributed by atoms with van der Waals surface area (Å²) in [4.78, 5) is 4.54. The zero-order valence-corrected chi connectivity index (χ0v) is 10.5. The Hall–Kier alpha value is -0.550. The van der Waals surface area contributed by atoms with Crippen molar-refractivity contribution in [2.75, 3.05) is 18.1 Å². The molecule has 2 fully saturated rings. The Balaban J connectivity index is 1.72. The molecule has 1 aromatic rings. The van der Waals surface area contributed by atoms with Crippen molar-refractivity contribution in [1.29, 1.82) is 0 Å². The van der Waals surface area contributed by atoms with Gasteiger partial charge < -0.3 is 9.84 Å². The number of thioether (sulfide) groups is 1. The fraction of sp³-hybridized carbons (Fsp3) is 0.818. The van der Waals surface area contributed by atoms with Gasteiger partial charge in [-0.3, -0.25) is 0 Å². The molecule has 1 aliphatic heterocycles. The predicted octanol–water partition coefficient (Wildman–Crippen LogP) is 1.96. The second-order valence-electron chi connectivity index (χ2n) is 5.32. The van der Waals surface area contributed by atoms with Gasteiger partial charge in [-0.15, -0.1) is 0 Å². The highest BCUT2D eigenvalue weighted by Gasteiger charge is 2.49. The molecule has 1 aromatic heterocycles. The first-order valence-electron chi connectivity index (χ1n) is 5.81. The molecule has 2 atom stereocenters. The van der Waals surface area contributed by atoms with E-state index in [2.05, 4.69) is 29.3 Å². The van der Waals surface area contributed by atoms with Crippen molar-refractivity contribution in [2.24, 2.45) is 5.41 Å². The second kappa shape index (κ2) is 3.74. The van der Waals surface area contributed by atoms with Crippen molar-refractivity contribution in [3.63, 3.8) is 0 Å². The molecule has 0 amide bonds. The molecule has 1 saturated heterocycles. The minimum Gasteiger partial charge on any atom is -0.338 e. The van der Waals surface area contributed by atoms with Crippen molar-refractivity contribution < 1.29 is 4.52 Å². The molecule has 5 heteroatoms. The third-order valence-corrected chi connectivity index (χ3v) is 4.56. The monoisotopic (exact) mass is 239 g/mol. The van der Waals surface area contributed by atoms with E-state index < -0.39 is 0 Å². The maximum absolute atomic E-state index is 5.36. The number of nitrogens with one attached hydrogen (secondary N) is 1. The van der Waals surface area contributed by atoms with Crippen molar-refractivity contribution >= 4 is 11.8 Å². The quantitative estimate of drug-likeness (QED) is 0.855. The molecule has 3 rings (SSSR count). The molecule has 2 unspecified atom stereocenters. The molecular formula is C11H17N3OS. The number of rotatable bonds is 2. The molecule has 0 aromatic carbocycles. The van der Waals surface area contributed by atoms with Crippen LogP contribution in [0.3, 0.4) is 0 Å². The zero-order chi connectivity index (χ0) is 11.2. The van der Waals surface area contributed by atoms with E-state index >= 15 is 0 Å². The van der Waals surface area contributed by atoms with Crippen LogP contribution in [0.5, 0.6) is 0 Å². The normalized spacial score (nSPS) is 32.6. The summed E-state index contributed by atoms with van der Waals surface area (Å²) in [7, 11) is 0. The Morgan fingerprint density at radius 3 is 2.94 bits per heavy atom. The number of hydrogen-bond donors (Lipinski definition) is 1. The number of aromatic nitrogens is 2. The summed E-state index contributed by atoms with van der Waals surface area (Å²) in [5.41, 5.74) is 0.371. The van der Waals surface area contributed by atoms with E-state index in [1.165, 1.54) is 12.2 Å². The first-order chi connectivity index (χ1) is 7.67. The Morgan fingerprint density at radius 2 is 2.31 bits per heavy atom. The van der Waals surface area contributed by atoms with Crippen LogP contribution in [0.4, 0.5) is 0 Å². The molecule has 1 aliphatic carbocycles. The molecule has 1 saturated carbocycles. The van der Waals surface area contributed by atoms with Gasteiger partial charge in [0.05, 0.1) is 6.04 Å². The van der Waals surface area contributed by atoms with Gasteiger partial charge in [0.1, 0.15) is 0 Å². The lowest BCUT2D eigenvalue weighted by atomic mass is 10.1. The minimum absolute atomic E-state index is 0.252. The van der Waals surface area contributed by atoms with Crippen molar-refractivity contribution in [3.05, 3.63) is 11.7 Å².